The Balaban J connectivity index is 2.57. The lowest BCUT2D eigenvalue weighted by Crippen LogP contribution is -2.57. The highest BCUT2D eigenvalue weighted by Crippen LogP contribution is 2.35. The highest BCUT2D eigenvalue weighted by atomic mass is 16.4. The predicted octanol–water partition coefficient (Wildman–Crippen LogP) is 2.12. The van der Waals surface area contributed by atoms with Gasteiger partial charge in [-0.05, 0) is 32.1 Å². The van der Waals surface area contributed by atoms with Crippen LogP contribution in [0.4, 0.5) is 4.79 Å². The molecule has 5 heteroatoms. The van der Waals surface area contributed by atoms with E-state index in [1.807, 2.05) is 0 Å². The van der Waals surface area contributed by atoms with Crippen molar-refractivity contribution >= 4 is 12.0 Å². The van der Waals surface area contributed by atoms with Crippen molar-refractivity contribution in [2.24, 2.45) is 5.41 Å². The molecule has 1 fully saturated rings. The van der Waals surface area contributed by atoms with Crippen LogP contribution in [0.3, 0.4) is 0 Å². The second kappa shape index (κ2) is 5.16. The van der Waals surface area contributed by atoms with Crippen molar-refractivity contribution in [1.82, 2.24) is 10.6 Å². The van der Waals surface area contributed by atoms with Crippen molar-refractivity contribution in [1.29, 1.82) is 0 Å². The zero-order valence-corrected chi connectivity index (χ0v) is 11.7. The average molecular weight is 256 g/mol. The number of nitrogens with one attached hydrogen (secondary N) is 2. The van der Waals surface area contributed by atoms with Gasteiger partial charge >= 0.3 is 12.0 Å². The molecule has 18 heavy (non-hydrogen) atoms. The van der Waals surface area contributed by atoms with Gasteiger partial charge in [0, 0.05) is 6.04 Å². The minimum absolute atomic E-state index is 0.0724. The molecule has 1 rings (SSSR count). The number of carboxylic acid groups (broad SMARTS) is 1. The van der Waals surface area contributed by atoms with Crippen LogP contribution >= 0.6 is 0 Å². The zero-order chi connectivity index (χ0) is 14.0. The Hall–Kier alpha value is -1.26. The fraction of sp³-hybridized carbons (Fsp3) is 0.846. The number of hydrogen-bond donors (Lipinski definition) is 3. The number of carboxylic acids is 1. The topological polar surface area (TPSA) is 78.4 Å². The van der Waals surface area contributed by atoms with E-state index in [1.54, 1.807) is 0 Å². The molecule has 1 aliphatic rings. The van der Waals surface area contributed by atoms with Gasteiger partial charge in [-0.25, -0.2) is 9.59 Å². The molecule has 0 aliphatic heterocycles. The molecular weight excluding hydrogens is 232 g/mol. The smallest absolute Gasteiger partial charge is 0.328 e. The van der Waals surface area contributed by atoms with E-state index in [4.69, 9.17) is 5.11 Å². The number of amides is 2. The maximum atomic E-state index is 11.8. The first-order valence-corrected chi connectivity index (χ1v) is 6.47. The van der Waals surface area contributed by atoms with E-state index in [0.717, 1.165) is 19.3 Å². The van der Waals surface area contributed by atoms with Gasteiger partial charge in [0.05, 0.1) is 0 Å². The quantitative estimate of drug-likeness (QED) is 0.723. The van der Waals surface area contributed by atoms with Crippen molar-refractivity contribution in [3.05, 3.63) is 0 Å². The van der Waals surface area contributed by atoms with Crippen LogP contribution in [0.1, 0.15) is 53.4 Å². The highest BCUT2D eigenvalue weighted by molar-refractivity contribution is 5.85. The van der Waals surface area contributed by atoms with Gasteiger partial charge in [-0.2, -0.15) is 0 Å². The minimum Gasteiger partial charge on any atom is -0.480 e. The van der Waals surface area contributed by atoms with Crippen LogP contribution in [0.15, 0.2) is 0 Å². The Labute approximate surface area is 108 Å². The van der Waals surface area contributed by atoms with E-state index in [9.17, 15) is 9.59 Å². The van der Waals surface area contributed by atoms with Gasteiger partial charge in [0.25, 0.3) is 0 Å². The van der Waals surface area contributed by atoms with Crippen molar-refractivity contribution in [2.45, 2.75) is 65.0 Å². The van der Waals surface area contributed by atoms with E-state index < -0.39 is 17.5 Å². The van der Waals surface area contributed by atoms with Gasteiger partial charge in [0.2, 0.25) is 0 Å². The molecule has 0 bridgehead atoms. The molecule has 3 N–H and O–H groups in total. The van der Waals surface area contributed by atoms with Crippen LogP contribution in [0.2, 0.25) is 0 Å². The first kappa shape index (κ1) is 14.8. The van der Waals surface area contributed by atoms with E-state index in [-0.39, 0.29) is 11.5 Å². The molecule has 0 heterocycles. The summed E-state index contributed by atoms with van der Waals surface area (Å²) in [5.74, 6) is -1.04. The van der Waals surface area contributed by atoms with Crippen molar-refractivity contribution in [3.63, 3.8) is 0 Å². The predicted molar refractivity (Wildman–Crippen MR) is 69.4 cm³/mol. The SMILES string of the molecule is CC(C)(NC(=O)NC1CCCCC1(C)C)C(=O)O. The number of carbonyl (C=O) groups is 2. The molecule has 5 nitrogen and oxygen atoms in total. The van der Waals surface area contributed by atoms with E-state index in [0.29, 0.717) is 0 Å². The number of aliphatic carboxylic acids is 1. The summed E-state index contributed by atoms with van der Waals surface area (Å²) in [6.45, 7) is 7.22. The summed E-state index contributed by atoms with van der Waals surface area (Å²) >= 11 is 0. The van der Waals surface area contributed by atoms with Gasteiger partial charge in [0.1, 0.15) is 5.54 Å². The molecule has 0 aromatic heterocycles. The largest absolute Gasteiger partial charge is 0.480 e. The normalized spacial score (nSPS) is 23.2. The van der Waals surface area contributed by atoms with Crippen LogP contribution in [0.5, 0.6) is 0 Å². The lowest BCUT2D eigenvalue weighted by Gasteiger charge is -2.39. The van der Waals surface area contributed by atoms with Gasteiger partial charge in [0.15, 0.2) is 0 Å². The fourth-order valence-corrected chi connectivity index (χ4v) is 2.29. The standard InChI is InChI=1S/C13H24N2O3/c1-12(2)8-6-5-7-9(12)14-11(18)15-13(3,4)10(16)17/h9H,5-8H2,1-4H3,(H,16,17)(H2,14,15,18). The maximum Gasteiger partial charge on any atom is 0.328 e. The first-order chi connectivity index (χ1) is 8.15. The highest BCUT2D eigenvalue weighted by Gasteiger charge is 2.35. The second-order valence-corrected chi connectivity index (χ2v) is 6.32. The molecular formula is C13H24N2O3. The number of hydrogen-bond acceptors (Lipinski definition) is 2. The fourth-order valence-electron chi connectivity index (χ4n) is 2.29. The Bertz CT molecular complexity index is 337. The Morgan fingerprint density at radius 2 is 1.89 bits per heavy atom. The zero-order valence-electron chi connectivity index (χ0n) is 11.7. The van der Waals surface area contributed by atoms with Gasteiger partial charge < -0.3 is 15.7 Å². The van der Waals surface area contributed by atoms with Gasteiger partial charge in [-0.3, -0.25) is 0 Å². The first-order valence-electron chi connectivity index (χ1n) is 6.47. The molecule has 0 radical (unpaired) electrons. The van der Waals surface area contributed by atoms with E-state index in [2.05, 4.69) is 24.5 Å². The number of carbonyl (C=O) groups excluding carboxylic acids is 1. The summed E-state index contributed by atoms with van der Waals surface area (Å²) in [6, 6.07) is -0.293. The monoisotopic (exact) mass is 256 g/mol. The van der Waals surface area contributed by atoms with Crippen LogP contribution in [-0.2, 0) is 4.79 Å². The molecule has 1 atom stereocenters. The molecule has 2 amide bonds. The molecule has 0 aromatic carbocycles. The molecule has 0 spiro atoms. The molecule has 1 saturated carbocycles. The second-order valence-electron chi connectivity index (χ2n) is 6.32. The average Bonchev–Trinajstić information content (AvgIpc) is 2.20. The third kappa shape index (κ3) is 3.62. The van der Waals surface area contributed by atoms with E-state index in [1.165, 1.54) is 20.3 Å². The molecule has 1 aliphatic carbocycles. The summed E-state index contributed by atoms with van der Waals surface area (Å²) in [5, 5.41) is 14.4. The third-order valence-electron chi connectivity index (χ3n) is 3.77. The maximum absolute atomic E-state index is 11.8. The lowest BCUT2D eigenvalue weighted by molar-refractivity contribution is -0.142. The Morgan fingerprint density at radius 1 is 1.28 bits per heavy atom. The molecule has 104 valence electrons. The molecule has 1 unspecified atom stereocenters. The van der Waals surface area contributed by atoms with Crippen LogP contribution in [-0.4, -0.2) is 28.7 Å². The molecule has 0 saturated heterocycles. The van der Waals surface area contributed by atoms with Crippen LogP contribution in [0.25, 0.3) is 0 Å². The minimum atomic E-state index is -1.25. The third-order valence-corrected chi connectivity index (χ3v) is 3.77. The van der Waals surface area contributed by atoms with Crippen LogP contribution < -0.4 is 10.6 Å². The molecule has 0 aromatic rings. The van der Waals surface area contributed by atoms with Gasteiger partial charge in [-0.15, -0.1) is 0 Å². The summed E-state index contributed by atoms with van der Waals surface area (Å²) in [7, 11) is 0. The number of urea groups is 1. The van der Waals surface area contributed by atoms with Crippen molar-refractivity contribution in [3.8, 4) is 0 Å². The van der Waals surface area contributed by atoms with Crippen LogP contribution in [0, 0.1) is 5.41 Å². The van der Waals surface area contributed by atoms with Gasteiger partial charge in [-0.1, -0.05) is 26.7 Å². The van der Waals surface area contributed by atoms with Crippen molar-refractivity contribution < 1.29 is 14.7 Å². The number of rotatable bonds is 3. The summed E-state index contributed by atoms with van der Waals surface area (Å²) < 4.78 is 0. The lowest BCUT2D eigenvalue weighted by atomic mass is 9.73. The Morgan fingerprint density at radius 3 is 2.39 bits per heavy atom. The van der Waals surface area contributed by atoms with Crippen molar-refractivity contribution in [2.75, 3.05) is 0 Å². The summed E-state index contributed by atoms with van der Waals surface area (Å²) in [5.41, 5.74) is -1.17. The summed E-state index contributed by atoms with van der Waals surface area (Å²) in [4.78, 5) is 22.8. The Kier molecular flexibility index (Phi) is 4.24. The summed E-state index contributed by atoms with van der Waals surface area (Å²) in [6.07, 6.45) is 4.33. The van der Waals surface area contributed by atoms with E-state index >= 15 is 0 Å².